The molecule has 1 heteroatoms. The van der Waals surface area contributed by atoms with Gasteiger partial charge in [-0.15, -0.1) is 6.58 Å². The van der Waals surface area contributed by atoms with Gasteiger partial charge in [-0.05, 0) is 45.3 Å². The minimum atomic E-state index is 0.782. The zero-order chi connectivity index (χ0) is 11.4. The molecule has 0 aromatic rings. The lowest BCUT2D eigenvalue weighted by Crippen LogP contribution is -2.18. The molecule has 1 rings (SSSR count). The van der Waals surface area contributed by atoms with Gasteiger partial charge >= 0.3 is 0 Å². The molecule has 86 valence electrons. The van der Waals surface area contributed by atoms with E-state index in [1.165, 1.54) is 32.4 Å². The van der Waals surface area contributed by atoms with E-state index in [-0.39, 0.29) is 0 Å². The van der Waals surface area contributed by atoms with Crippen molar-refractivity contribution in [3.8, 4) is 0 Å². The molecule has 1 unspecified atom stereocenters. The number of rotatable bonds is 1. The Morgan fingerprint density at radius 2 is 1.64 bits per heavy atom. The Balaban J connectivity index is 0. The van der Waals surface area contributed by atoms with E-state index in [9.17, 15) is 0 Å². The van der Waals surface area contributed by atoms with Gasteiger partial charge in [0.2, 0.25) is 0 Å². The van der Waals surface area contributed by atoms with E-state index < -0.39 is 0 Å². The van der Waals surface area contributed by atoms with Gasteiger partial charge in [-0.25, -0.2) is 0 Å². The first-order chi connectivity index (χ1) is 6.83. The second-order valence-electron chi connectivity index (χ2n) is 3.23. The molecule has 14 heavy (non-hydrogen) atoms. The first-order valence-electron chi connectivity index (χ1n) is 6.14. The zero-order valence-electron chi connectivity index (χ0n) is 10.8. The number of nitrogens with zero attached hydrogens (tertiary/aromatic N) is 1. The molecule has 1 aliphatic rings. The summed E-state index contributed by atoms with van der Waals surface area (Å²) in [6.45, 7) is 14.3. The molecule has 1 aliphatic heterocycles. The Hall–Kier alpha value is -0.300. The third-order valence-corrected chi connectivity index (χ3v) is 2.33. The Bertz CT molecular complexity index is 110. The minimum Gasteiger partial charge on any atom is -0.306 e. The lowest BCUT2D eigenvalue weighted by Gasteiger charge is -2.11. The lowest BCUT2D eigenvalue weighted by atomic mass is 10.0. The third kappa shape index (κ3) is 8.31. The van der Waals surface area contributed by atoms with Crippen LogP contribution in [0, 0.1) is 5.92 Å². The van der Waals surface area contributed by atoms with Gasteiger partial charge in [-0.3, -0.25) is 0 Å². The highest BCUT2D eigenvalue weighted by molar-refractivity contribution is 4.81. The summed E-state index contributed by atoms with van der Waals surface area (Å²) in [5.41, 5.74) is 0. The average Bonchev–Trinajstić information content (AvgIpc) is 2.48. The molecule has 0 N–H and O–H groups in total. The standard InChI is InChI=1S/C9H17N.2C2H6/c1-3-9-5-4-7-10(2)8-6-9;2*1-2/h3,9H,1,4-8H2,2H3;2*1-2H3. The van der Waals surface area contributed by atoms with E-state index in [1.54, 1.807) is 0 Å². The first-order valence-corrected chi connectivity index (χ1v) is 6.14. The summed E-state index contributed by atoms with van der Waals surface area (Å²) in [5, 5.41) is 0. The maximum absolute atomic E-state index is 3.83. The average molecular weight is 199 g/mol. The van der Waals surface area contributed by atoms with Crippen molar-refractivity contribution in [2.75, 3.05) is 20.1 Å². The van der Waals surface area contributed by atoms with Crippen molar-refractivity contribution >= 4 is 0 Å². The van der Waals surface area contributed by atoms with Crippen molar-refractivity contribution in [1.29, 1.82) is 0 Å². The molecule has 1 atom stereocenters. The van der Waals surface area contributed by atoms with Gasteiger partial charge in [0.15, 0.2) is 0 Å². The van der Waals surface area contributed by atoms with Gasteiger partial charge in [0.1, 0.15) is 0 Å². The van der Waals surface area contributed by atoms with E-state index in [0.29, 0.717) is 0 Å². The summed E-state index contributed by atoms with van der Waals surface area (Å²) in [4.78, 5) is 2.41. The van der Waals surface area contributed by atoms with Crippen LogP contribution in [0.3, 0.4) is 0 Å². The second-order valence-corrected chi connectivity index (χ2v) is 3.23. The SMILES string of the molecule is C=CC1CCCN(C)CC1.CC.CC. The fourth-order valence-electron chi connectivity index (χ4n) is 1.50. The van der Waals surface area contributed by atoms with Crippen LogP contribution in [0.2, 0.25) is 0 Å². The molecular weight excluding hydrogens is 170 g/mol. The van der Waals surface area contributed by atoms with E-state index in [2.05, 4.69) is 24.6 Å². The highest BCUT2D eigenvalue weighted by atomic mass is 15.1. The molecule has 0 bridgehead atoms. The fourth-order valence-corrected chi connectivity index (χ4v) is 1.50. The van der Waals surface area contributed by atoms with Gasteiger partial charge in [0, 0.05) is 0 Å². The quantitative estimate of drug-likeness (QED) is 0.578. The molecule has 0 amide bonds. The van der Waals surface area contributed by atoms with Gasteiger partial charge in [-0.2, -0.15) is 0 Å². The van der Waals surface area contributed by atoms with Crippen LogP contribution in [0.15, 0.2) is 12.7 Å². The van der Waals surface area contributed by atoms with E-state index in [1.807, 2.05) is 27.7 Å². The first kappa shape index (κ1) is 16.1. The highest BCUT2D eigenvalue weighted by Crippen LogP contribution is 2.16. The molecule has 0 aromatic heterocycles. The van der Waals surface area contributed by atoms with Crippen molar-refractivity contribution in [2.24, 2.45) is 5.92 Å². The van der Waals surface area contributed by atoms with Crippen molar-refractivity contribution < 1.29 is 0 Å². The van der Waals surface area contributed by atoms with Crippen LogP contribution in [0.4, 0.5) is 0 Å². The molecule has 0 radical (unpaired) electrons. The number of allylic oxidation sites excluding steroid dienone is 1. The number of likely N-dealkylation sites (tertiary alicyclic amines) is 1. The van der Waals surface area contributed by atoms with Gasteiger partial charge < -0.3 is 4.90 Å². The van der Waals surface area contributed by atoms with Crippen LogP contribution in [-0.4, -0.2) is 25.0 Å². The van der Waals surface area contributed by atoms with Crippen LogP contribution in [-0.2, 0) is 0 Å². The van der Waals surface area contributed by atoms with Gasteiger partial charge in [0.25, 0.3) is 0 Å². The van der Waals surface area contributed by atoms with Crippen molar-refractivity contribution in [1.82, 2.24) is 4.90 Å². The van der Waals surface area contributed by atoms with Crippen LogP contribution in [0.25, 0.3) is 0 Å². The molecule has 0 spiro atoms. The maximum Gasteiger partial charge on any atom is -0.00162 e. The molecule has 0 saturated carbocycles. The van der Waals surface area contributed by atoms with Crippen molar-refractivity contribution in [3.05, 3.63) is 12.7 Å². The van der Waals surface area contributed by atoms with Crippen LogP contribution < -0.4 is 0 Å². The topological polar surface area (TPSA) is 3.24 Å². The van der Waals surface area contributed by atoms with Crippen LogP contribution >= 0.6 is 0 Å². The summed E-state index contributed by atoms with van der Waals surface area (Å²) < 4.78 is 0. The molecule has 0 aliphatic carbocycles. The summed E-state index contributed by atoms with van der Waals surface area (Å²) in [7, 11) is 2.20. The summed E-state index contributed by atoms with van der Waals surface area (Å²) in [6, 6.07) is 0. The summed E-state index contributed by atoms with van der Waals surface area (Å²) in [6.07, 6.45) is 6.10. The largest absolute Gasteiger partial charge is 0.306 e. The number of hydrogen-bond acceptors (Lipinski definition) is 1. The predicted octanol–water partition coefficient (Wildman–Crippen LogP) is 3.96. The fraction of sp³-hybridized carbons (Fsp3) is 0.846. The van der Waals surface area contributed by atoms with Gasteiger partial charge in [0.05, 0.1) is 0 Å². The number of hydrogen-bond donors (Lipinski definition) is 0. The van der Waals surface area contributed by atoms with Crippen LogP contribution in [0.1, 0.15) is 47.0 Å². The highest BCUT2D eigenvalue weighted by Gasteiger charge is 2.10. The molecule has 0 aromatic carbocycles. The van der Waals surface area contributed by atoms with Crippen molar-refractivity contribution in [3.63, 3.8) is 0 Å². The molecule has 1 fully saturated rings. The lowest BCUT2D eigenvalue weighted by molar-refractivity contribution is 0.346. The Kier molecular flexibility index (Phi) is 14.6. The Morgan fingerprint density at radius 1 is 1.07 bits per heavy atom. The third-order valence-electron chi connectivity index (χ3n) is 2.33. The van der Waals surface area contributed by atoms with E-state index in [4.69, 9.17) is 0 Å². The molecule has 1 heterocycles. The van der Waals surface area contributed by atoms with Crippen molar-refractivity contribution in [2.45, 2.75) is 47.0 Å². The summed E-state index contributed by atoms with van der Waals surface area (Å²) in [5.74, 6) is 0.782. The van der Waals surface area contributed by atoms with E-state index >= 15 is 0 Å². The van der Waals surface area contributed by atoms with Gasteiger partial charge in [-0.1, -0.05) is 33.8 Å². The Labute approximate surface area is 91.2 Å². The predicted molar refractivity (Wildman–Crippen MR) is 67.7 cm³/mol. The minimum absolute atomic E-state index is 0.782. The molecular formula is C13H29N. The van der Waals surface area contributed by atoms with Crippen LogP contribution in [0.5, 0.6) is 0 Å². The maximum atomic E-state index is 3.83. The molecule has 1 nitrogen and oxygen atoms in total. The monoisotopic (exact) mass is 199 g/mol. The second kappa shape index (κ2) is 12.7. The molecule has 1 saturated heterocycles. The summed E-state index contributed by atoms with van der Waals surface area (Å²) >= 11 is 0. The smallest absolute Gasteiger partial charge is 0.00162 e. The Morgan fingerprint density at radius 3 is 2.14 bits per heavy atom. The van der Waals surface area contributed by atoms with E-state index in [0.717, 1.165) is 5.92 Å². The normalized spacial score (nSPS) is 21.9. The zero-order valence-corrected chi connectivity index (χ0v) is 10.8.